The maximum absolute atomic E-state index is 10.9. The summed E-state index contributed by atoms with van der Waals surface area (Å²) in [4.78, 5) is 10.9. The fraction of sp³-hybridized carbons (Fsp3) is 0.900. The molecule has 0 aromatic rings. The number of hydrogen-bond donors (Lipinski definition) is 1. The number of carboxylic acid groups (broad SMARTS) is 1. The third kappa shape index (κ3) is 1.62. The van der Waals surface area contributed by atoms with Gasteiger partial charge in [-0.05, 0) is 38.0 Å². The molecule has 2 nitrogen and oxygen atoms in total. The van der Waals surface area contributed by atoms with Gasteiger partial charge in [0.15, 0.2) is 0 Å². The average Bonchev–Trinajstić information content (AvgIpc) is 2.33. The van der Waals surface area contributed by atoms with Crippen molar-refractivity contribution in [3.8, 4) is 0 Å². The molecule has 0 unspecified atom stereocenters. The van der Waals surface area contributed by atoms with Crippen LogP contribution in [0.5, 0.6) is 0 Å². The normalized spacial score (nSPS) is 35.8. The highest BCUT2D eigenvalue weighted by molar-refractivity contribution is 5.74. The van der Waals surface area contributed by atoms with Crippen molar-refractivity contribution in [3.63, 3.8) is 0 Å². The van der Waals surface area contributed by atoms with Gasteiger partial charge in [-0.15, -0.1) is 0 Å². The van der Waals surface area contributed by atoms with E-state index in [9.17, 15) is 4.79 Å². The molecular formula is C10H18O2. The molecule has 0 aromatic heterocycles. The zero-order chi connectivity index (χ0) is 9.35. The standard InChI is InChI=1S/C10H18O2/c1-7(2)8-4-5-10(3,6-8)9(11)12/h7-8H,4-6H2,1-3H3,(H,11,12)/t8-,10+/m1/s1. The first-order valence-electron chi connectivity index (χ1n) is 4.69. The van der Waals surface area contributed by atoms with E-state index in [-0.39, 0.29) is 0 Å². The molecule has 0 heterocycles. The van der Waals surface area contributed by atoms with E-state index in [2.05, 4.69) is 13.8 Å². The molecule has 12 heavy (non-hydrogen) atoms. The summed E-state index contributed by atoms with van der Waals surface area (Å²) in [6, 6.07) is 0. The smallest absolute Gasteiger partial charge is 0.309 e. The van der Waals surface area contributed by atoms with Crippen LogP contribution >= 0.6 is 0 Å². The van der Waals surface area contributed by atoms with Gasteiger partial charge in [-0.3, -0.25) is 4.79 Å². The van der Waals surface area contributed by atoms with E-state index in [1.807, 2.05) is 6.92 Å². The molecule has 0 aromatic carbocycles. The Morgan fingerprint density at radius 2 is 2.17 bits per heavy atom. The first-order chi connectivity index (χ1) is 5.46. The number of aliphatic carboxylic acids is 1. The third-order valence-electron chi connectivity index (χ3n) is 3.24. The average molecular weight is 170 g/mol. The Hall–Kier alpha value is -0.530. The summed E-state index contributed by atoms with van der Waals surface area (Å²) in [7, 11) is 0. The second-order valence-corrected chi connectivity index (χ2v) is 4.61. The molecule has 1 rings (SSSR count). The second kappa shape index (κ2) is 3.08. The molecule has 0 bridgehead atoms. The molecule has 1 aliphatic carbocycles. The van der Waals surface area contributed by atoms with Crippen LogP contribution in [0, 0.1) is 17.3 Å². The number of carbonyl (C=O) groups is 1. The molecule has 0 aliphatic heterocycles. The van der Waals surface area contributed by atoms with Gasteiger partial charge in [0.25, 0.3) is 0 Å². The summed E-state index contributed by atoms with van der Waals surface area (Å²) < 4.78 is 0. The Labute approximate surface area is 74.0 Å². The predicted molar refractivity (Wildman–Crippen MR) is 47.9 cm³/mol. The van der Waals surface area contributed by atoms with Crippen molar-refractivity contribution in [1.82, 2.24) is 0 Å². The highest BCUT2D eigenvalue weighted by atomic mass is 16.4. The minimum Gasteiger partial charge on any atom is -0.481 e. The van der Waals surface area contributed by atoms with Crippen molar-refractivity contribution >= 4 is 5.97 Å². The Morgan fingerprint density at radius 1 is 1.58 bits per heavy atom. The first kappa shape index (κ1) is 9.56. The molecule has 2 heteroatoms. The van der Waals surface area contributed by atoms with Gasteiger partial charge in [0.1, 0.15) is 0 Å². The Bertz CT molecular complexity index is 186. The van der Waals surface area contributed by atoms with E-state index in [0.29, 0.717) is 11.8 Å². The van der Waals surface area contributed by atoms with Gasteiger partial charge in [0.05, 0.1) is 5.41 Å². The van der Waals surface area contributed by atoms with Gasteiger partial charge in [0.2, 0.25) is 0 Å². The Morgan fingerprint density at radius 3 is 2.42 bits per heavy atom. The summed E-state index contributed by atoms with van der Waals surface area (Å²) in [5.74, 6) is 0.628. The molecule has 1 fully saturated rings. The monoisotopic (exact) mass is 170 g/mol. The van der Waals surface area contributed by atoms with Crippen LogP contribution in [0.1, 0.15) is 40.0 Å². The maximum atomic E-state index is 10.9. The number of rotatable bonds is 2. The van der Waals surface area contributed by atoms with E-state index < -0.39 is 11.4 Å². The minimum atomic E-state index is -0.620. The van der Waals surface area contributed by atoms with E-state index >= 15 is 0 Å². The van der Waals surface area contributed by atoms with Crippen LogP contribution in [0.3, 0.4) is 0 Å². The summed E-state index contributed by atoms with van der Waals surface area (Å²) in [6.45, 7) is 6.23. The summed E-state index contributed by atoms with van der Waals surface area (Å²) in [5, 5.41) is 8.97. The molecule has 1 aliphatic rings. The Balaban J connectivity index is 2.61. The molecule has 2 atom stereocenters. The number of hydrogen-bond acceptors (Lipinski definition) is 1. The van der Waals surface area contributed by atoms with Crippen molar-refractivity contribution in [2.24, 2.45) is 17.3 Å². The Kier molecular flexibility index (Phi) is 2.45. The van der Waals surface area contributed by atoms with E-state index in [4.69, 9.17) is 5.11 Å². The fourth-order valence-electron chi connectivity index (χ4n) is 2.05. The SMILES string of the molecule is CC(C)[C@@H]1CC[C@](C)(C(=O)O)C1. The maximum Gasteiger partial charge on any atom is 0.309 e. The van der Waals surface area contributed by atoms with Crippen molar-refractivity contribution in [3.05, 3.63) is 0 Å². The topological polar surface area (TPSA) is 37.3 Å². The van der Waals surface area contributed by atoms with Gasteiger partial charge < -0.3 is 5.11 Å². The van der Waals surface area contributed by atoms with Crippen LogP contribution < -0.4 is 0 Å². The highest BCUT2D eigenvalue weighted by Gasteiger charge is 2.41. The van der Waals surface area contributed by atoms with E-state index in [1.54, 1.807) is 0 Å². The largest absolute Gasteiger partial charge is 0.481 e. The highest BCUT2D eigenvalue weighted by Crippen LogP contribution is 2.44. The van der Waals surface area contributed by atoms with Crippen LogP contribution in [-0.4, -0.2) is 11.1 Å². The van der Waals surface area contributed by atoms with Gasteiger partial charge in [-0.2, -0.15) is 0 Å². The zero-order valence-corrected chi connectivity index (χ0v) is 8.13. The van der Waals surface area contributed by atoms with Crippen molar-refractivity contribution in [2.75, 3.05) is 0 Å². The van der Waals surface area contributed by atoms with Crippen LogP contribution in [0.2, 0.25) is 0 Å². The second-order valence-electron chi connectivity index (χ2n) is 4.61. The van der Waals surface area contributed by atoms with Crippen molar-refractivity contribution in [2.45, 2.75) is 40.0 Å². The third-order valence-corrected chi connectivity index (χ3v) is 3.24. The molecular weight excluding hydrogens is 152 g/mol. The van der Waals surface area contributed by atoms with Gasteiger partial charge in [0, 0.05) is 0 Å². The molecule has 70 valence electrons. The lowest BCUT2D eigenvalue weighted by atomic mass is 9.85. The van der Waals surface area contributed by atoms with Crippen LogP contribution in [-0.2, 0) is 4.79 Å². The van der Waals surface area contributed by atoms with Crippen molar-refractivity contribution in [1.29, 1.82) is 0 Å². The quantitative estimate of drug-likeness (QED) is 0.691. The molecule has 0 spiro atoms. The molecule has 1 saturated carbocycles. The first-order valence-corrected chi connectivity index (χ1v) is 4.69. The van der Waals surface area contributed by atoms with Crippen LogP contribution in [0.4, 0.5) is 0 Å². The predicted octanol–water partition coefficient (Wildman–Crippen LogP) is 2.53. The number of carboxylic acids is 1. The molecule has 1 N–H and O–H groups in total. The van der Waals surface area contributed by atoms with Crippen molar-refractivity contribution < 1.29 is 9.90 Å². The van der Waals surface area contributed by atoms with Gasteiger partial charge in [-0.1, -0.05) is 13.8 Å². The van der Waals surface area contributed by atoms with E-state index in [0.717, 1.165) is 19.3 Å². The van der Waals surface area contributed by atoms with Gasteiger partial charge in [-0.25, -0.2) is 0 Å². The zero-order valence-electron chi connectivity index (χ0n) is 8.13. The van der Waals surface area contributed by atoms with E-state index in [1.165, 1.54) is 0 Å². The summed E-state index contributed by atoms with van der Waals surface area (Å²) >= 11 is 0. The summed E-state index contributed by atoms with van der Waals surface area (Å²) in [6.07, 6.45) is 2.80. The minimum absolute atomic E-state index is 0.436. The molecule has 0 amide bonds. The summed E-state index contributed by atoms with van der Waals surface area (Å²) in [5.41, 5.74) is -0.436. The molecule has 0 radical (unpaired) electrons. The van der Waals surface area contributed by atoms with Crippen LogP contribution in [0.15, 0.2) is 0 Å². The lowest BCUT2D eigenvalue weighted by molar-refractivity contribution is -0.147. The lowest BCUT2D eigenvalue weighted by Gasteiger charge is -2.19. The van der Waals surface area contributed by atoms with Crippen LogP contribution in [0.25, 0.3) is 0 Å². The molecule has 0 saturated heterocycles. The lowest BCUT2D eigenvalue weighted by Crippen LogP contribution is -2.24. The van der Waals surface area contributed by atoms with Gasteiger partial charge >= 0.3 is 5.97 Å². The fourth-order valence-corrected chi connectivity index (χ4v) is 2.05.